The van der Waals surface area contributed by atoms with Gasteiger partial charge in [0, 0.05) is 17.1 Å². The lowest BCUT2D eigenvalue weighted by Crippen LogP contribution is -2.34. The molecule has 0 saturated carbocycles. The molecule has 3 amide bonds. The summed E-state index contributed by atoms with van der Waals surface area (Å²) in [7, 11) is 1.25. The SMILES string of the molecule is COC(=O)C1=C(C)N(c2cccc(C)c2)C(=O)/C1=C/c1ccc(CNC(=O)C(=O)Nc2ccccc2)o1. The van der Waals surface area contributed by atoms with Crippen LogP contribution in [-0.4, -0.2) is 30.8 Å². The minimum absolute atomic E-state index is 0.0493. The number of carbonyl (C=O) groups is 4. The molecule has 4 rings (SSSR count). The van der Waals surface area contributed by atoms with Gasteiger partial charge in [-0.3, -0.25) is 19.3 Å². The largest absolute Gasteiger partial charge is 0.465 e. The Balaban J connectivity index is 1.50. The van der Waals surface area contributed by atoms with Crippen LogP contribution < -0.4 is 15.5 Å². The maximum Gasteiger partial charge on any atom is 0.340 e. The predicted octanol–water partition coefficient (Wildman–Crippen LogP) is 3.72. The molecule has 0 atom stereocenters. The first-order chi connectivity index (χ1) is 17.8. The van der Waals surface area contributed by atoms with Crippen LogP contribution in [0.2, 0.25) is 0 Å². The maximum atomic E-state index is 13.4. The molecule has 9 nitrogen and oxygen atoms in total. The Morgan fingerprint density at radius 2 is 1.73 bits per heavy atom. The van der Waals surface area contributed by atoms with Gasteiger partial charge in [-0.1, -0.05) is 30.3 Å². The molecule has 1 aromatic heterocycles. The highest BCUT2D eigenvalue weighted by molar-refractivity contribution is 6.39. The third-order valence-corrected chi connectivity index (χ3v) is 5.68. The number of rotatable bonds is 6. The van der Waals surface area contributed by atoms with Crippen molar-refractivity contribution in [1.82, 2.24) is 5.32 Å². The van der Waals surface area contributed by atoms with E-state index in [-0.39, 0.29) is 17.7 Å². The first-order valence-corrected chi connectivity index (χ1v) is 11.4. The van der Waals surface area contributed by atoms with E-state index >= 15 is 0 Å². The van der Waals surface area contributed by atoms with Crippen molar-refractivity contribution in [1.29, 1.82) is 0 Å². The fourth-order valence-electron chi connectivity index (χ4n) is 3.92. The number of ether oxygens (including phenoxy) is 1. The average Bonchev–Trinajstić information content (AvgIpc) is 3.44. The van der Waals surface area contributed by atoms with Gasteiger partial charge in [0.05, 0.1) is 24.8 Å². The van der Waals surface area contributed by atoms with Crippen LogP contribution in [0.5, 0.6) is 0 Å². The summed E-state index contributed by atoms with van der Waals surface area (Å²) in [5.41, 5.74) is 2.79. The normalized spacial score (nSPS) is 14.2. The third kappa shape index (κ3) is 5.51. The van der Waals surface area contributed by atoms with Gasteiger partial charge in [0.25, 0.3) is 5.91 Å². The van der Waals surface area contributed by atoms with Gasteiger partial charge in [-0.15, -0.1) is 0 Å². The van der Waals surface area contributed by atoms with E-state index in [4.69, 9.17) is 9.15 Å². The van der Waals surface area contributed by atoms with Crippen molar-refractivity contribution >= 4 is 41.1 Å². The molecule has 0 spiro atoms. The number of anilines is 2. The second-order valence-corrected chi connectivity index (χ2v) is 8.30. The van der Waals surface area contributed by atoms with E-state index in [1.54, 1.807) is 55.5 Å². The molecular formula is C28H25N3O6. The van der Waals surface area contributed by atoms with E-state index < -0.39 is 23.7 Å². The second-order valence-electron chi connectivity index (χ2n) is 8.30. The summed E-state index contributed by atoms with van der Waals surface area (Å²) in [5, 5.41) is 4.99. The molecule has 9 heteroatoms. The standard InChI is InChI=1S/C28H25N3O6/c1-17-8-7-11-20(14-17)31-18(2)24(28(35)36-3)23(27(31)34)15-21-12-13-22(37-21)16-29-25(32)26(33)30-19-9-5-4-6-10-19/h4-15H,16H2,1-3H3,(H,29,32)(H,30,33)/b23-15+. The summed E-state index contributed by atoms with van der Waals surface area (Å²) in [6.07, 6.45) is 1.46. The van der Waals surface area contributed by atoms with E-state index in [1.807, 2.05) is 25.1 Å². The average molecular weight is 500 g/mol. The van der Waals surface area contributed by atoms with Crippen molar-refractivity contribution in [2.75, 3.05) is 17.3 Å². The van der Waals surface area contributed by atoms with E-state index in [0.717, 1.165) is 5.56 Å². The van der Waals surface area contributed by atoms with E-state index in [1.165, 1.54) is 18.1 Å². The van der Waals surface area contributed by atoms with Gasteiger partial charge in [-0.25, -0.2) is 4.79 Å². The number of allylic oxidation sites excluding steroid dienone is 1. The number of para-hydroxylation sites is 1. The van der Waals surface area contributed by atoms with E-state index in [0.29, 0.717) is 28.6 Å². The number of benzene rings is 2. The van der Waals surface area contributed by atoms with Gasteiger partial charge < -0.3 is 19.8 Å². The third-order valence-electron chi connectivity index (χ3n) is 5.68. The van der Waals surface area contributed by atoms with Crippen LogP contribution in [0.15, 0.2) is 88.0 Å². The summed E-state index contributed by atoms with van der Waals surface area (Å²) in [6, 6.07) is 19.2. The molecule has 0 fully saturated rings. The zero-order chi connectivity index (χ0) is 26.5. The van der Waals surface area contributed by atoms with Crippen molar-refractivity contribution in [3.63, 3.8) is 0 Å². The number of nitrogens with zero attached hydrogens (tertiary/aromatic N) is 1. The number of aryl methyl sites for hydroxylation is 1. The van der Waals surface area contributed by atoms with Crippen LogP contribution in [-0.2, 0) is 30.5 Å². The van der Waals surface area contributed by atoms with Crippen LogP contribution in [0, 0.1) is 6.92 Å². The number of amides is 3. The summed E-state index contributed by atoms with van der Waals surface area (Å²) >= 11 is 0. The summed E-state index contributed by atoms with van der Waals surface area (Å²) in [5.74, 6) is -2.03. The van der Waals surface area contributed by atoms with Crippen LogP contribution in [0.3, 0.4) is 0 Å². The Hall–Kier alpha value is -4.92. The van der Waals surface area contributed by atoms with Gasteiger partial charge in [-0.2, -0.15) is 0 Å². The van der Waals surface area contributed by atoms with Crippen LogP contribution in [0.4, 0.5) is 11.4 Å². The Morgan fingerprint density at radius 1 is 0.973 bits per heavy atom. The molecule has 0 saturated heterocycles. The Morgan fingerprint density at radius 3 is 2.43 bits per heavy atom. The lowest BCUT2D eigenvalue weighted by Gasteiger charge is -2.18. The zero-order valence-corrected chi connectivity index (χ0v) is 20.5. The molecule has 1 aliphatic heterocycles. The highest BCUT2D eigenvalue weighted by Crippen LogP contribution is 2.35. The lowest BCUT2D eigenvalue weighted by atomic mass is 10.1. The Bertz CT molecular complexity index is 1430. The van der Waals surface area contributed by atoms with Crippen molar-refractivity contribution in [3.05, 3.63) is 101 Å². The number of hydrogen-bond donors (Lipinski definition) is 2. The van der Waals surface area contributed by atoms with Crippen molar-refractivity contribution in [2.45, 2.75) is 20.4 Å². The van der Waals surface area contributed by atoms with Gasteiger partial charge in [-0.05, 0) is 61.9 Å². The highest BCUT2D eigenvalue weighted by atomic mass is 16.5. The molecule has 1 aliphatic rings. The first-order valence-electron chi connectivity index (χ1n) is 11.4. The molecule has 2 N–H and O–H groups in total. The molecule has 2 aromatic carbocycles. The fraction of sp³-hybridized carbons (Fsp3) is 0.143. The molecule has 3 aromatic rings. The number of esters is 1. The minimum Gasteiger partial charge on any atom is -0.465 e. The maximum absolute atomic E-state index is 13.4. The first kappa shape index (κ1) is 25.2. The fourth-order valence-corrected chi connectivity index (χ4v) is 3.92. The monoisotopic (exact) mass is 499 g/mol. The number of nitrogens with one attached hydrogen (secondary N) is 2. The van der Waals surface area contributed by atoms with Gasteiger partial charge in [0.15, 0.2) is 0 Å². The molecule has 0 unspecified atom stereocenters. The van der Waals surface area contributed by atoms with Gasteiger partial charge in [0.1, 0.15) is 11.5 Å². The van der Waals surface area contributed by atoms with Crippen LogP contribution in [0.25, 0.3) is 6.08 Å². The number of methoxy groups -OCH3 is 1. The summed E-state index contributed by atoms with van der Waals surface area (Å²) in [4.78, 5) is 51.6. The molecular weight excluding hydrogens is 474 g/mol. The van der Waals surface area contributed by atoms with Crippen molar-refractivity contribution < 1.29 is 28.3 Å². The number of furan rings is 1. The van der Waals surface area contributed by atoms with Crippen molar-refractivity contribution in [2.24, 2.45) is 0 Å². The predicted molar refractivity (Wildman–Crippen MR) is 137 cm³/mol. The smallest absolute Gasteiger partial charge is 0.340 e. The Labute approximate surface area is 213 Å². The molecule has 188 valence electrons. The minimum atomic E-state index is -0.827. The molecule has 0 radical (unpaired) electrons. The zero-order valence-electron chi connectivity index (χ0n) is 20.5. The van der Waals surface area contributed by atoms with Crippen LogP contribution in [0.1, 0.15) is 24.0 Å². The topological polar surface area (TPSA) is 118 Å². The second kappa shape index (κ2) is 10.8. The molecule has 2 heterocycles. The van der Waals surface area contributed by atoms with Gasteiger partial charge >= 0.3 is 17.8 Å². The van der Waals surface area contributed by atoms with E-state index in [2.05, 4.69) is 10.6 Å². The summed E-state index contributed by atoms with van der Waals surface area (Å²) < 4.78 is 10.7. The lowest BCUT2D eigenvalue weighted by molar-refractivity contribution is -0.136. The molecule has 0 aliphatic carbocycles. The van der Waals surface area contributed by atoms with E-state index in [9.17, 15) is 19.2 Å². The van der Waals surface area contributed by atoms with Gasteiger partial charge in [0.2, 0.25) is 0 Å². The molecule has 0 bridgehead atoms. The molecule has 37 heavy (non-hydrogen) atoms. The van der Waals surface area contributed by atoms with Crippen LogP contribution >= 0.6 is 0 Å². The Kier molecular flexibility index (Phi) is 7.34. The van der Waals surface area contributed by atoms with Crippen molar-refractivity contribution in [3.8, 4) is 0 Å². The summed E-state index contributed by atoms with van der Waals surface area (Å²) in [6.45, 7) is 3.54. The highest BCUT2D eigenvalue weighted by Gasteiger charge is 2.38. The quantitative estimate of drug-likeness (QED) is 0.303. The number of hydrogen-bond acceptors (Lipinski definition) is 6. The number of carbonyl (C=O) groups excluding carboxylic acids is 4.